The maximum atomic E-state index is 11.8. The first-order chi connectivity index (χ1) is 11.1. The Morgan fingerprint density at radius 2 is 2.04 bits per heavy atom. The number of carbonyl (C=O) groups is 1. The number of nitrogens with zero attached hydrogens (tertiary/aromatic N) is 1. The summed E-state index contributed by atoms with van der Waals surface area (Å²) in [7, 11) is 5.55. The highest BCUT2D eigenvalue weighted by Gasteiger charge is 2.15. The molecule has 0 saturated carbocycles. The third-order valence-electron chi connectivity index (χ3n) is 3.44. The molecule has 0 aliphatic carbocycles. The van der Waals surface area contributed by atoms with E-state index in [1.165, 1.54) is 18.4 Å². The molecule has 0 radical (unpaired) electrons. The van der Waals surface area contributed by atoms with Gasteiger partial charge in [-0.2, -0.15) is 0 Å². The molecule has 0 N–H and O–H groups in total. The van der Waals surface area contributed by atoms with E-state index in [4.69, 9.17) is 9.47 Å². The quantitative estimate of drug-likeness (QED) is 0.542. The first-order valence-corrected chi connectivity index (χ1v) is 8.53. The van der Waals surface area contributed by atoms with Crippen LogP contribution in [0.5, 0.6) is 5.75 Å². The van der Waals surface area contributed by atoms with Crippen molar-refractivity contribution in [2.75, 3.05) is 34.4 Å². The van der Waals surface area contributed by atoms with Gasteiger partial charge in [0.2, 0.25) is 0 Å². The van der Waals surface area contributed by atoms with Gasteiger partial charge in [-0.3, -0.25) is 0 Å². The fourth-order valence-electron chi connectivity index (χ4n) is 2.25. The number of methoxy groups -OCH3 is 1. The van der Waals surface area contributed by atoms with Gasteiger partial charge in [0.15, 0.2) is 0 Å². The summed E-state index contributed by atoms with van der Waals surface area (Å²) in [6, 6.07) is 9.65. The predicted molar refractivity (Wildman–Crippen MR) is 94.4 cm³/mol. The second-order valence-electron chi connectivity index (χ2n) is 5.54. The van der Waals surface area contributed by atoms with Gasteiger partial charge in [0, 0.05) is 4.88 Å². The third-order valence-corrected chi connectivity index (χ3v) is 4.40. The van der Waals surface area contributed by atoms with Crippen LogP contribution in [0.2, 0.25) is 0 Å². The Kier molecular flexibility index (Phi) is 6.62. The molecule has 2 aromatic rings. The van der Waals surface area contributed by atoms with Crippen molar-refractivity contribution in [2.24, 2.45) is 0 Å². The molecule has 1 heterocycles. The topological polar surface area (TPSA) is 38.8 Å². The van der Waals surface area contributed by atoms with Crippen molar-refractivity contribution in [1.82, 2.24) is 4.90 Å². The molecule has 5 heteroatoms. The molecule has 1 aromatic carbocycles. The van der Waals surface area contributed by atoms with Gasteiger partial charge in [-0.15, -0.1) is 11.3 Å². The van der Waals surface area contributed by atoms with Crippen LogP contribution in [-0.2, 0) is 4.74 Å². The van der Waals surface area contributed by atoms with Crippen molar-refractivity contribution in [2.45, 2.75) is 12.8 Å². The summed E-state index contributed by atoms with van der Waals surface area (Å²) in [6.45, 7) is 1.77. The van der Waals surface area contributed by atoms with E-state index < -0.39 is 0 Å². The van der Waals surface area contributed by atoms with Gasteiger partial charge >= 0.3 is 5.97 Å². The predicted octanol–water partition coefficient (Wildman–Crippen LogP) is 3.92. The van der Waals surface area contributed by atoms with Gasteiger partial charge in [0.25, 0.3) is 0 Å². The molecule has 2 rings (SSSR count). The zero-order valence-electron chi connectivity index (χ0n) is 13.9. The minimum Gasteiger partial charge on any atom is -0.494 e. The van der Waals surface area contributed by atoms with Crippen molar-refractivity contribution in [3.05, 3.63) is 41.3 Å². The van der Waals surface area contributed by atoms with Gasteiger partial charge in [-0.1, -0.05) is 12.1 Å². The third kappa shape index (κ3) is 5.08. The van der Waals surface area contributed by atoms with Crippen molar-refractivity contribution in [1.29, 1.82) is 0 Å². The molecule has 0 aliphatic rings. The van der Waals surface area contributed by atoms with Crippen LogP contribution in [0.15, 0.2) is 35.7 Å². The largest absolute Gasteiger partial charge is 0.494 e. The van der Waals surface area contributed by atoms with Crippen LogP contribution in [0, 0.1) is 0 Å². The van der Waals surface area contributed by atoms with Crippen molar-refractivity contribution in [3.8, 4) is 16.2 Å². The number of rotatable bonds is 8. The summed E-state index contributed by atoms with van der Waals surface area (Å²) < 4.78 is 10.7. The standard InChI is InChI=1S/C18H23NO3S/c1-19(2)10-4-5-11-22-15-8-6-7-14(13-15)17-16(9-12-23-17)18(20)21-3/h6-9,12-13H,4-5,10-11H2,1-3H3. The SMILES string of the molecule is COC(=O)c1ccsc1-c1cccc(OCCCCN(C)C)c1. The molecule has 0 spiro atoms. The molecule has 0 aliphatic heterocycles. The normalized spacial score (nSPS) is 10.8. The molecular weight excluding hydrogens is 310 g/mol. The van der Waals surface area contributed by atoms with E-state index in [0.717, 1.165) is 35.6 Å². The Balaban J connectivity index is 2.00. The number of hydrogen-bond donors (Lipinski definition) is 0. The molecule has 1 aromatic heterocycles. The molecule has 4 nitrogen and oxygen atoms in total. The van der Waals surface area contributed by atoms with Crippen LogP contribution >= 0.6 is 11.3 Å². The molecule has 0 unspecified atom stereocenters. The Hall–Kier alpha value is -1.85. The zero-order chi connectivity index (χ0) is 16.7. The van der Waals surface area contributed by atoms with E-state index in [1.54, 1.807) is 6.07 Å². The molecular formula is C18H23NO3S. The second-order valence-corrected chi connectivity index (χ2v) is 6.46. The molecule has 23 heavy (non-hydrogen) atoms. The van der Waals surface area contributed by atoms with Gasteiger partial charge in [-0.25, -0.2) is 4.79 Å². The van der Waals surface area contributed by atoms with Crippen LogP contribution in [0.4, 0.5) is 0 Å². The van der Waals surface area contributed by atoms with Crippen LogP contribution in [-0.4, -0.2) is 45.2 Å². The van der Waals surface area contributed by atoms with E-state index in [0.29, 0.717) is 12.2 Å². The Morgan fingerprint density at radius 3 is 2.78 bits per heavy atom. The summed E-state index contributed by atoms with van der Waals surface area (Å²) in [5.74, 6) is 0.521. The van der Waals surface area contributed by atoms with E-state index in [2.05, 4.69) is 19.0 Å². The zero-order valence-corrected chi connectivity index (χ0v) is 14.7. The smallest absolute Gasteiger partial charge is 0.339 e. The minimum atomic E-state index is -0.309. The van der Waals surface area contributed by atoms with Crippen molar-refractivity contribution in [3.63, 3.8) is 0 Å². The Morgan fingerprint density at radius 1 is 1.22 bits per heavy atom. The maximum Gasteiger partial charge on any atom is 0.339 e. The molecule has 124 valence electrons. The van der Waals surface area contributed by atoms with Crippen LogP contribution in [0.3, 0.4) is 0 Å². The summed E-state index contributed by atoms with van der Waals surface area (Å²) >= 11 is 1.53. The number of esters is 1. The number of carbonyl (C=O) groups excluding carboxylic acids is 1. The first kappa shape index (κ1) is 17.5. The highest BCUT2D eigenvalue weighted by atomic mass is 32.1. The number of unbranched alkanes of at least 4 members (excludes halogenated alkanes) is 1. The lowest BCUT2D eigenvalue weighted by Gasteiger charge is -2.10. The fourth-order valence-corrected chi connectivity index (χ4v) is 3.13. The second kappa shape index (κ2) is 8.70. The van der Waals surface area contributed by atoms with Crippen LogP contribution < -0.4 is 4.74 Å². The van der Waals surface area contributed by atoms with E-state index in [9.17, 15) is 4.79 Å². The molecule has 0 bridgehead atoms. The summed E-state index contributed by atoms with van der Waals surface area (Å²) in [4.78, 5) is 14.9. The van der Waals surface area contributed by atoms with Gasteiger partial charge in [0.05, 0.1) is 19.3 Å². The number of benzene rings is 1. The van der Waals surface area contributed by atoms with Gasteiger partial charge in [0.1, 0.15) is 5.75 Å². The monoisotopic (exact) mass is 333 g/mol. The highest BCUT2D eigenvalue weighted by Crippen LogP contribution is 2.32. The summed E-state index contributed by atoms with van der Waals surface area (Å²) in [5.41, 5.74) is 1.58. The first-order valence-electron chi connectivity index (χ1n) is 7.65. The van der Waals surface area contributed by atoms with Gasteiger partial charge in [-0.05, 0) is 62.6 Å². The molecule has 0 atom stereocenters. The average Bonchev–Trinajstić information content (AvgIpc) is 3.03. The van der Waals surface area contributed by atoms with E-state index in [-0.39, 0.29) is 5.97 Å². The molecule has 0 amide bonds. The number of thiophene rings is 1. The summed E-state index contributed by atoms with van der Waals surface area (Å²) in [6.07, 6.45) is 2.14. The molecule has 0 saturated heterocycles. The Bertz CT molecular complexity index is 637. The fraction of sp³-hybridized carbons (Fsp3) is 0.389. The maximum absolute atomic E-state index is 11.8. The highest BCUT2D eigenvalue weighted by molar-refractivity contribution is 7.14. The van der Waals surface area contributed by atoms with Gasteiger partial charge < -0.3 is 14.4 Å². The van der Waals surface area contributed by atoms with Crippen LogP contribution in [0.25, 0.3) is 10.4 Å². The lowest BCUT2D eigenvalue weighted by atomic mass is 10.1. The van der Waals surface area contributed by atoms with Crippen molar-refractivity contribution < 1.29 is 14.3 Å². The molecule has 0 fully saturated rings. The lowest BCUT2D eigenvalue weighted by molar-refractivity contribution is 0.0602. The summed E-state index contributed by atoms with van der Waals surface area (Å²) in [5, 5.41) is 1.90. The number of hydrogen-bond acceptors (Lipinski definition) is 5. The average molecular weight is 333 g/mol. The number of ether oxygens (including phenoxy) is 2. The van der Waals surface area contributed by atoms with Crippen molar-refractivity contribution >= 4 is 17.3 Å². The lowest BCUT2D eigenvalue weighted by Crippen LogP contribution is -2.13. The van der Waals surface area contributed by atoms with Crippen LogP contribution in [0.1, 0.15) is 23.2 Å². The Labute approximate surface area is 141 Å². The van der Waals surface area contributed by atoms with E-state index in [1.807, 2.05) is 29.6 Å². The minimum absolute atomic E-state index is 0.309. The van der Waals surface area contributed by atoms with E-state index >= 15 is 0 Å².